The summed E-state index contributed by atoms with van der Waals surface area (Å²) in [5, 5.41) is 4.28. The second-order valence-corrected chi connectivity index (χ2v) is 5.16. The maximum atomic E-state index is 12.6. The lowest BCUT2D eigenvalue weighted by Gasteiger charge is -2.08. The van der Waals surface area contributed by atoms with Gasteiger partial charge in [0.15, 0.2) is 0 Å². The molecule has 7 heteroatoms. The molecular weight excluding hydrogens is 329 g/mol. The van der Waals surface area contributed by atoms with E-state index in [2.05, 4.69) is 10.5 Å². The van der Waals surface area contributed by atoms with Crippen LogP contribution in [0.25, 0.3) is 0 Å². The minimum Gasteiger partial charge on any atom is -0.273 e. The summed E-state index contributed by atoms with van der Waals surface area (Å²) in [7, 11) is 0. The van der Waals surface area contributed by atoms with Crippen molar-refractivity contribution >= 4 is 23.7 Å². The summed E-state index contributed by atoms with van der Waals surface area (Å²) in [6.45, 7) is 0. The number of carbonyl (C=O) groups excluding carboxylic acids is 1. The molecule has 1 amide bonds. The number of hydrazone groups is 1. The molecule has 0 aromatic heterocycles. The van der Waals surface area contributed by atoms with Gasteiger partial charge in [0.25, 0.3) is 0 Å². The summed E-state index contributed by atoms with van der Waals surface area (Å²) in [6.07, 6.45) is -3.23. The molecule has 0 heterocycles. The fourth-order valence-corrected chi connectivity index (χ4v) is 2.05. The maximum absolute atomic E-state index is 12.6. The standard InChI is InChI=1S/C16H12ClF3N2O/c17-14-6-2-4-12(8-14)10-21-22-15(23)9-11-3-1-5-13(7-11)16(18,19)20/h1-8,10H,9H2,(H,22,23)/b21-10-. The van der Waals surface area contributed by atoms with Crippen molar-refractivity contribution in [2.45, 2.75) is 12.6 Å². The van der Waals surface area contributed by atoms with Crippen LogP contribution in [-0.2, 0) is 17.4 Å². The molecule has 0 saturated carbocycles. The maximum Gasteiger partial charge on any atom is 0.416 e. The number of benzene rings is 2. The van der Waals surface area contributed by atoms with Crippen molar-refractivity contribution in [1.29, 1.82) is 0 Å². The average Bonchev–Trinajstić information content (AvgIpc) is 2.46. The Morgan fingerprint density at radius 2 is 1.91 bits per heavy atom. The van der Waals surface area contributed by atoms with Gasteiger partial charge in [0.2, 0.25) is 5.91 Å². The number of hydrogen-bond acceptors (Lipinski definition) is 2. The predicted molar refractivity (Wildman–Crippen MR) is 82.3 cm³/mol. The molecule has 0 bridgehead atoms. The Bertz CT molecular complexity index is 729. The van der Waals surface area contributed by atoms with Crippen LogP contribution in [0.15, 0.2) is 53.6 Å². The van der Waals surface area contributed by atoms with Crippen LogP contribution in [0.1, 0.15) is 16.7 Å². The molecule has 120 valence electrons. The summed E-state index contributed by atoms with van der Waals surface area (Å²) >= 11 is 5.80. The lowest BCUT2D eigenvalue weighted by Crippen LogP contribution is -2.20. The molecule has 0 fully saturated rings. The van der Waals surface area contributed by atoms with E-state index in [9.17, 15) is 18.0 Å². The highest BCUT2D eigenvalue weighted by molar-refractivity contribution is 6.30. The van der Waals surface area contributed by atoms with Crippen LogP contribution in [0.4, 0.5) is 13.2 Å². The Hall–Kier alpha value is -2.34. The first kappa shape index (κ1) is 17.0. The van der Waals surface area contributed by atoms with Crippen LogP contribution in [0.3, 0.4) is 0 Å². The molecule has 0 aliphatic rings. The zero-order valence-corrected chi connectivity index (χ0v) is 12.5. The number of halogens is 4. The van der Waals surface area contributed by atoms with E-state index >= 15 is 0 Å². The lowest BCUT2D eigenvalue weighted by atomic mass is 10.1. The third-order valence-electron chi connectivity index (χ3n) is 2.87. The molecule has 0 saturated heterocycles. The zero-order valence-electron chi connectivity index (χ0n) is 11.8. The Labute approximate surface area is 135 Å². The molecular formula is C16H12ClF3N2O. The first-order valence-electron chi connectivity index (χ1n) is 6.58. The minimum atomic E-state index is -4.43. The van der Waals surface area contributed by atoms with Crippen LogP contribution in [-0.4, -0.2) is 12.1 Å². The number of nitrogens with zero attached hydrogens (tertiary/aromatic N) is 1. The predicted octanol–water partition coefficient (Wildman–Crippen LogP) is 4.05. The van der Waals surface area contributed by atoms with Crippen molar-refractivity contribution in [3.8, 4) is 0 Å². The van der Waals surface area contributed by atoms with E-state index in [-0.39, 0.29) is 12.0 Å². The molecule has 0 aliphatic heterocycles. The molecule has 2 aromatic rings. The fraction of sp³-hybridized carbons (Fsp3) is 0.125. The third kappa shape index (κ3) is 5.41. The zero-order chi connectivity index (χ0) is 16.9. The van der Waals surface area contributed by atoms with Gasteiger partial charge in [-0.2, -0.15) is 18.3 Å². The Morgan fingerprint density at radius 3 is 2.61 bits per heavy atom. The topological polar surface area (TPSA) is 41.5 Å². The largest absolute Gasteiger partial charge is 0.416 e. The summed E-state index contributed by atoms with van der Waals surface area (Å²) in [4.78, 5) is 11.7. The van der Waals surface area contributed by atoms with E-state index in [1.165, 1.54) is 18.3 Å². The van der Waals surface area contributed by atoms with Crippen molar-refractivity contribution in [3.63, 3.8) is 0 Å². The Morgan fingerprint density at radius 1 is 1.17 bits per heavy atom. The van der Waals surface area contributed by atoms with Crippen LogP contribution in [0.2, 0.25) is 5.02 Å². The molecule has 0 unspecified atom stereocenters. The van der Waals surface area contributed by atoms with Crippen molar-refractivity contribution in [2.75, 3.05) is 0 Å². The molecule has 0 atom stereocenters. The van der Waals surface area contributed by atoms with E-state index in [0.29, 0.717) is 10.6 Å². The lowest BCUT2D eigenvalue weighted by molar-refractivity contribution is -0.137. The second-order valence-electron chi connectivity index (χ2n) is 4.72. The van der Waals surface area contributed by atoms with Crippen molar-refractivity contribution < 1.29 is 18.0 Å². The SMILES string of the molecule is O=C(Cc1cccc(C(F)(F)F)c1)N/N=C\c1cccc(Cl)c1. The van der Waals surface area contributed by atoms with Crippen molar-refractivity contribution in [3.05, 3.63) is 70.2 Å². The number of nitrogens with one attached hydrogen (secondary N) is 1. The van der Waals surface area contributed by atoms with E-state index in [4.69, 9.17) is 11.6 Å². The van der Waals surface area contributed by atoms with E-state index in [1.54, 1.807) is 24.3 Å². The van der Waals surface area contributed by atoms with Gasteiger partial charge in [-0.05, 0) is 29.3 Å². The highest BCUT2D eigenvalue weighted by Crippen LogP contribution is 2.29. The van der Waals surface area contributed by atoms with E-state index < -0.39 is 17.6 Å². The summed E-state index contributed by atoms with van der Waals surface area (Å²) in [5.41, 5.74) is 2.43. The first-order valence-corrected chi connectivity index (χ1v) is 6.96. The van der Waals surface area contributed by atoms with Gasteiger partial charge in [-0.1, -0.05) is 41.9 Å². The monoisotopic (exact) mass is 340 g/mol. The van der Waals surface area contributed by atoms with Crippen LogP contribution >= 0.6 is 11.6 Å². The van der Waals surface area contributed by atoms with Gasteiger partial charge < -0.3 is 0 Å². The quantitative estimate of drug-likeness (QED) is 0.662. The second kappa shape index (κ2) is 7.28. The molecule has 1 N–H and O–H groups in total. The third-order valence-corrected chi connectivity index (χ3v) is 3.11. The smallest absolute Gasteiger partial charge is 0.273 e. The molecule has 3 nitrogen and oxygen atoms in total. The number of alkyl halides is 3. The van der Waals surface area contributed by atoms with Gasteiger partial charge in [-0.15, -0.1) is 0 Å². The first-order chi connectivity index (χ1) is 10.8. The highest BCUT2D eigenvalue weighted by atomic mass is 35.5. The van der Waals surface area contributed by atoms with Crippen LogP contribution in [0, 0.1) is 0 Å². The van der Waals surface area contributed by atoms with Gasteiger partial charge in [0, 0.05) is 5.02 Å². The number of carbonyl (C=O) groups is 1. The molecule has 0 aliphatic carbocycles. The molecule has 2 aromatic carbocycles. The molecule has 23 heavy (non-hydrogen) atoms. The average molecular weight is 341 g/mol. The number of rotatable bonds is 4. The highest BCUT2D eigenvalue weighted by Gasteiger charge is 2.30. The van der Waals surface area contributed by atoms with E-state index in [1.807, 2.05) is 0 Å². The van der Waals surface area contributed by atoms with Gasteiger partial charge in [0.1, 0.15) is 0 Å². The summed E-state index contributed by atoms with van der Waals surface area (Å²) < 4.78 is 37.8. The molecule has 2 rings (SSSR count). The van der Waals surface area contributed by atoms with Crippen LogP contribution in [0.5, 0.6) is 0 Å². The van der Waals surface area contributed by atoms with E-state index in [0.717, 1.165) is 12.1 Å². The Kier molecular flexibility index (Phi) is 5.39. The van der Waals surface area contributed by atoms with Gasteiger partial charge in [0.05, 0.1) is 18.2 Å². The van der Waals surface area contributed by atoms with Crippen LogP contribution < -0.4 is 5.43 Å². The number of amides is 1. The van der Waals surface area contributed by atoms with Gasteiger partial charge in [-0.3, -0.25) is 4.79 Å². The van der Waals surface area contributed by atoms with Gasteiger partial charge >= 0.3 is 6.18 Å². The van der Waals surface area contributed by atoms with Crippen molar-refractivity contribution in [2.24, 2.45) is 5.10 Å². The normalized spacial score (nSPS) is 11.7. The summed E-state index contributed by atoms with van der Waals surface area (Å²) in [5.74, 6) is -0.511. The summed E-state index contributed by atoms with van der Waals surface area (Å²) in [6, 6.07) is 11.5. The molecule has 0 radical (unpaired) electrons. The molecule has 0 spiro atoms. The van der Waals surface area contributed by atoms with Gasteiger partial charge in [-0.25, -0.2) is 5.43 Å². The fourth-order valence-electron chi connectivity index (χ4n) is 1.85. The minimum absolute atomic E-state index is 0.198. The number of hydrogen-bond donors (Lipinski definition) is 1. The Balaban J connectivity index is 1.95. The van der Waals surface area contributed by atoms with Crippen molar-refractivity contribution in [1.82, 2.24) is 5.43 Å².